The Morgan fingerprint density at radius 2 is 2.19 bits per heavy atom. The quantitative estimate of drug-likeness (QED) is 0.502. The van der Waals surface area contributed by atoms with E-state index >= 15 is 0 Å². The Morgan fingerprint density at radius 3 is 2.94 bits per heavy atom. The van der Waals surface area contributed by atoms with Crippen molar-refractivity contribution in [3.63, 3.8) is 0 Å². The fourth-order valence-corrected chi connectivity index (χ4v) is 3.69. The zero-order chi connectivity index (χ0) is 11.6. The van der Waals surface area contributed by atoms with Gasteiger partial charge in [-0.25, -0.2) is 0 Å². The van der Waals surface area contributed by atoms with Crippen LogP contribution in [0, 0.1) is 11.3 Å². The molecule has 1 N–H and O–H groups in total. The predicted octanol–water partition coefficient (Wildman–Crippen LogP) is 1.80. The van der Waals surface area contributed by atoms with Crippen molar-refractivity contribution in [2.75, 3.05) is 0 Å². The first-order valence-electron chi connectivity index (χ1n) is 6.06. The molecule has 0 aromatic rings. The van der Waals surface area contributed by atoms with Gasteiger partial charge >= 0.3 is 5.97 Å². The molecule has 0 unspecified atom stereocenters. The Hall–Kier alpha value is -0.830. The molecule has 0 radical (unpaired) electrons. The first kappa shape index (κ1) is 10.3. The smallest absolute Gasteiger partial charge is 0.306 e. The van der Waals surface area contributed by atoms with Crippen molar-refractivity contribution in [2.24, 2.45) is 11.3 Å². The molecule has 2 aliphatic carbocycles. The number of hydrogen-bond acceptors (Lipinski definition) is 3. The minimum Gasteiger partial charge on any atom is -0.459 e. The summed E-state index contributed by atoms with van der Waals surface area (Å²) in [5, 5.41) is 11.0. The van der Waals surface area contributed by atoms with E-state index < -0.39 is 5.60 Å². The lowest BCUT2D eigenvalue weighted by Crippen LogP contribution is -2.54. The van der Waals surface area contributed by atoms with Crippen LogP contribution in [0.3, 0.4) is 0 Å². The minimum atomic E-state index is -0.915. The average molecular weight is 222 g/mol. The van der Waals surface area contributed by atoms with Crippen LogP contribution in [0.1, 0.15) is 39.5 Å². The maximum atomic E-state index is 11.3. The standard InChI is InChI=1S/C13H18O3/c1-12(2)5-3-4-9-6-8-7-10(14)16-11(8)13(9,12)15/h4,8,11,15H,3,5-7H2,1-2H3/t8-,11+,13-/m1/s1. The van der Waals surface area contributed by atoms with Crippen molar-refractivity contribution < 1.29 is 14.6 Å². The fraction of sp³-hybridized carbons (Fsp3) is 0.769. The molecule has 3 aliphatic rings. The molecule has 3 atom stereocenters. The Morgan fingerprint density at radius 1 is 1.44 bits per heavy atom. The van der Waals surface area contributed by atoms with E-state index in [1.807, 2.05) is 0 Å². The summed E-state index contributed by atoms with van der Waals surface area (Å²) in [6.45, 7) is 4.16. The third-order valence-electron chi connectivity index (χ3n) is 4.69. The molecule has 16 heavy (non-hydrogen) atoms. The number of fused-ring (bicyclic) bond motifs is 3. The van der Waals surface area contributed by atoms with Crippen LogP contribution in [0.5, 0.6) is 0 Å². The molecule has 3 nitrogen and oxygen atoms in total. The van der Waals surface area contributed by atoms with Gasteiger partial charge in [-0.05, 0) is 24.8 Å². The van der Waals surface area contributed by atoms with E-state index in [2.05, 4.69) is 19.9 Å². The topological polar surface area (TPSA) is 46.5 Å². The number of esters is 1. The lowest BCUT2D eigenvalue weighted by Gasteiger charge is -2.46. The van der Waals surface area contributed by atoms with Crippen molar-refractivity contribution in [3.8, 4) is 0 Å². The van der Waals surface area contributed by atoms with Crippen molar-refractivity contribution in [2.45, 2.75) is 51.2 Å². The fourth-order valence-electron chi connectivity index (χ4n) is 3.69. The first-order valence-corrected chi connectivity index (χ1v) is 6.06. The van der Waals surface area contributed by atoms with Crippen LogP contribution < -0.4 is 0 Å². The third kappa shape index (κ3) is 1.05. The highest BCUT2D eigenvalue weighted by molar-refractivity contribution is 5.73. The summed E-state index contributed by atoms with van der Waals surface area (Å²) in [4.78, 5) is 11.3. The molecule has 1 saturated carbocycles. The molecule has 2 fully saturated rings. The summed E-state index contributed by atoms with van der Waals surface area (Å²) in [5.74, 6) is 0.0463. The number of rotatable bonds is 0. The van der Waals surface area contributed by atoms with Gasteiger partial charge in [-0.15, -0.1) is 0 Å². The number of hydrogen-bond donors (Lipinski definition) is 1. The third-order valence-corrected chi connectivity index (χ3v) is 4.69. The van der Waals surface area contributed by atoms with Gasteiger partial charge < -0.3 is 9.84 Å². The monoisotopic (exact) mass is 222 g/mol. The summed E-state index contributed by atoms with van der Waals surface area (Å²) < 4.78 is 5.36. The van der Waals surface area contributed by atoms with Gasteiger partial charge in [-0.2, -0.15) is 0 Å². The Labute approximate surface area is 95.5 Å². The Kier molecular flexibility index (Phi) is 1.87. The van der Waals surface area contributed by atoms with E-state index in [1.54, 1.807) is 0 Å². The van der Waals surface area contributed by atoms with E-state index in [1.165, 1.54) is 0 Å². The van der Waals surface area contributed by atoms with Crippen LogP contribution in [0.15, 0.2) is 11.6 Å². The van der Waals surface area contributed by atoms with Gasteiger partial charge in [0, 0.05) is 11.3 Å². The van der Waals surface area contributed by atoms with Gasteiger partial charge in [0.2, 0.25) is 0 Å². The van der Waals surface area contributed by atoms with E-state index in [4.69, 9.17) is 4.74 Å². The highest BCUT2D eigenvalue weighted by atomic mass is 16.6. The maximum Gasteiger partial charge on any atom is 0.306 e. The molecular weight excluding hydrogens is 204 g/mol. The SMILES string of the molecule is CC1(C)CCC=C2C[C@@H]3CC(=O)O[C@@H]3[C@]21O. The summed E-state index contributed by atoms with van der Waals surface area (Å²) in [6.07, 6.45) is 5.13. The highest BCUT2D eigenvalue weighted by Gasteiger charge is 2.63. The van der Waals surface area contributed by atoms with Gasteiger partial charge in [0.1, 0.15) is 11.7 Å². The molecule has 1 aliphatic heterocycles. The van der Waals surface area contributed by atoms with Gasteiger partial charge in [0.05, 0.1) is 6.42 Å². The summed E-state index contributed by atoms with van der Waals surface area (Å²) >= 11 is 0. The first-order chi connectivity index (χ1) is 7.45. The van der Waals surface area contributed by atoms with E-state index in [0.29, 0.717) is 6.42 Å². The number of carbonyl (C=O) groups excluding carboxylic acids is 1. The second-order valence-electron chi connectivity index (χ2n) is 6.00. The van der Waals surface area contributed by atoms with E-state index in [9.17, 15) is 9.90 Å². The van der Waals surface area contributed by atoms with Gasteiger partial charge in [-0.3, -0.25) is 4.79 Å². The number of carbonyl (C=O) groups is 1. The van der Waals surface area contributed by atoms with Gasteiger partial charge in [0.15, 0.2) is 0 Å². The summed E-state index contributed by atoms with van der Waals surface area (Å²) in [5.41, 5.74) is -0.00493. The van der Waals surface area contributed by atoms with Crippen LogP contribution >= 0.6 is 0 Å². The van der Waals surface area contributed by atoms with Crippen molar-refractivity contribution in [3.05, 3.63) is 11.6 Å². The normalized spacial score (nSPS) is 44.7. The summed E-state index contributed by atoms with van der Waals surface area (Å²) in [7, 11) is 0. The number of ether oxygens (including phenoxy) is 1. The zero-order valence-corrected chi connectivity index (χ0v) is 9.82. The number of aliphatic hydroxyl groups is 1. The summed E-state index contributed by atoms with van der Waals surface area (Å²) in [6, 6.07) is 0. The van der Waals surface area contributed by atoms with Gasteiger partial charge in [0.25, 0.3) is 0 Å². The van der Waals surface area contributed by atoms with E-state index in [-0.39, 0.29) is 23.4 Å². The van der Waals surface area contributed by atoms with Crippen molar-refractivity contribution >= 4 is 5.97 Å². The largest absolute Gasteiger partial charge is 0.459 e. The molecule has 0 spiro atoms. The molecule has 0 amide bonds. The van der Waals surface area contributed by atoms with Crippen LogP contribution in [0.25, 0.3) is 0 Å². The second-order valence-corrected chi connectivity index (χ2v) is 6.00. The predicted molar refractivity (Wildman–Crippen MR) is 58.7 cm³/mol. The maximum absolute atomic E-state index is 11.3. The Balaban J connectivity index is 2.07. The average Bonchev–Trinajstić information content (AvgIpc) is 2.65. The van der Waals surface area contributed by atoms with Crippen molar-refractivity contribution in [1.82, 2.24) is 0 Å². The van der Waals surface area contributed by atoms with Crippen LogP contribution in [0.4, 0.5) is 0 Å². The van der Waals surface area contributed by atoms with Gasteiger partial charge in [-0.1, -0.05) is 19.9 Å². The Bertz CT molecular complexity index is 383. The van der Waals surface area contributed by atoms with E-state index in [0.717, 1.165) is 24.8 Å². The lowest BCUT2D eigenvalue weighted by molar-refractivity contribution is -0.161. The highest BCUT2D eigenvalue weighted by Crippen LogP contribution is 2.57. The lowest BCUT2D eigenvalue weighted by atomic mass is 9.65. The number of allylic oxidation sites excluding steroid dienone is 1. The second kappa shape index (κ2) is 2.89. The molecule has 1 saturated heterocycles. The minimum absolute atomic E-state index is 0.149. The molecule has 0 aromatic carbocycles. The molecule has 88 valence electrons. The van der Waals surface area contributed by atoms with Crippen LogP contribution in [-0.4, -0.2) is 22.8 Å². The molecule has 0 bridgehead atoms. The molecule has 3 heteroatoms. The van der Waals surface area contributed by atoms with Crippen LogP contribution in [-0.2, 0) is 9.53 Å². The molecule has 0 aromatic heterocycles. The van der Waals surface area contributed by atoms with Crippen LogP contribution in [0.2, 0.25) is 0 Å². The zero-order valence-electron chi connectivity index (χ0n) is 9.82. The van der Waals surface area contributed by atoms with Crippen molar-refractivity contribution in [1.29, 1.82) is 0 Å². The molecule has 1 heterocycles. The molecule has 3 rings (SSSR count). The molecular formula is C13H18O3.